The van der Waals surface area contributed by atoms with Crippen molar-refractivity contribution in [3.63, 3.8) is 0 Å². The third-order valence-corrected chi connectivity index (χ3v) is 6.16. The van der Waals surface area contributed by atoms with E-state index in [0.717, 1.165) is 40.2 Å². The van der Waals surface area contributed by atoms with Gasteiger partial charge in [-0.05, 0) is 62.3 Å². The van der Waals surface area contributed by atoms with Crippen molar-refractivity contribution < 1.29 is 22.7 Å². The Bertz CT molecular complexity index is 1500. The number of urea groups is 1. The van der Waals surface area contributed by atoms with E-state index in [4.69, 9.17) is 4.74 Å². The van der Waals surface area contributed by atoms with E-state index >= 15 is 0 Å². The number of halogens is 3. The highest BCUT2D eigenvalue weighted by Gasteiger charge is 2.35. The van der Waals surface area contributed by atoms with Crippen molar-refractivity contribution >= 4 is 34.4 Å². The zero-order valence-electron chi connectivity index (χ0n) is 22.6. The second kappa shape index (κ2) is 12.2. The first kappa shape index (κ1) is 28.6. The maximum atomic E-state index is 13.6. The van der Waals surface area contributed by atoms with E-state index < -0.39 is 17.8 Å². The fourth-order valence-corrected chi connectivity index (χ4v) is 4.22. The molecule has 2 aromatic carbocycles. The lowest BCUT2D eigenvalue weighted by molar-refractivity contribution is -0.138. The summed E-state index contributed by atoms with van der Waals surface area (Å²) in [6, 6.07) is 8.31. The molecule has 0 radical (unpaired) electrons. The third-order valence-electron chi connectivity index (χ3n) is 6.16. The van der Waals surface area contributed by atoms with Crippen molar-refractivity contribution in [2.75, 3.05) is 43.2 Å². The number of aryl methyl sites for hydroxylation is 2. The predicted molar refractivity (Wildman–Crippen MR) is 149 cm³/mol. The molecule has 4 rings (SSSR count). The maximum Gasteiger partial charge on any atom is 0.420 e. The number of amides is 2. The molecule has 0 fully saturated rings. The van der Waals surface area contributed by atoms with Gasteiger partial charge in [0.25, 0.3) is 0 Å². The summed E-state index contributed by atoms with van der Waals surface area (Å²) >= 11 is 0. The van der Waals surface area contributed by atoms with Crippen molar-refractivity contribution in [3.8, 4) is 17.0 Å². The quantitative estimate of drug-likeness (QED) is 0.196. The first-order chi connectivity index (χ1) is 19.1. The normalized spacial score (nSPS) is 11.5. The molecule has 0 unspecified atom stereocenters. The molecule has 4 N–H and O–H groups in total. The van der Waals surface area contributed by atoms with E-state index in [2.05, 4.69) is 36.3 Å². The second-order valence-corrected chi connectivity index (χ2v) is 9.00. The molecule has 0 aliphatic rings. The number of ether oxygens (including phenoxy) is 1. The number of carbonyl (C=O) groups is 1. The topological polar surface area (TPSA) is 118 Å². The number of fused-ring (bicyclic) bond motifs is 1. The number of benzene rings is 2. The maximum absolute atomic E-state index is 13.6. The van der Waals surface area contributed by atoms with Crippen molar-refractivity contribution in [1.29, 1.82) is 0 Å². The van der Waals surface area contributed by atoms with E-state index in [1.807, 2.05) is 19.1 Å². The summed E-state index contributed by atoms with van der Waals surface area (Å²) in [5.41, 5.74) is 2.45. The van der Waals surface area contributed by atoms with Crippen molar-refractivity contribution in [1.82, 2.24) is 25.1 Å². The SMILES string of the molecule is CCc1cc(-c2cc(NC(=O)Nc3ccc(OCCCNC)c(C(F)(F)F)c3)nn2C)cc2cnc(NC)nc12. The van der Waals surface area contributed by atoms with Crippen molar-refractivity contribution in [2.24, 2.45) is 7.05 Å². The van der Waals surface area contributed by atoms with Crippen molar-refractivity contribution in [3.05, 3.63) is 53.7 Å². The van der Waals surface area contributed by atoms with E-state index in [0.29, 0.717) is 18.9 Å². The summed E-state index contributed by atoms with van der Waals surface area (Å²) in [5, 5.41) is 16.1. The highest BCUT2D eigenvalue weighted by molar-refractivity contribution is 5.99. The fraction of sp³-hybridized carbons (Fsp3) is 0.333. The summed E-state index contributed by atoms with van der Waals surface area (Å²) in [4.78, 5) is 21.5. The number of rotatable bonds is 10. The Morgan fingerprint density at radius 1 is 1.10 bits per heavy atom. The number of hydrogen-bond acceptors (Lipinski definition) is 7. The van der Waals surface area contributed by atoms with Crippen LogP contribution >= 0.6 is 0 Å². The Labute approximate surface area is 229 Å². The van der Waals surface area contributed by atoms with Gasteiger partial charge in [-0.25, -0.2) is 14.8 Å². The van der Waals surface area contributed by atoms with E-state index in [1.54, 1.807) is 38.1 Å². The van der Waals surface area contributed by atoms with Crippen LogP contribution < -0.4 is 26.0 Å². The third kappa shape index (κ3) is 6.60. The molecular weight excluding hydrogens is 525 g/mol. The number of hydrogen-bond donors (Lipinski definition) is 4. The number of aromatic nitrogens is 4. The molecule has 0 aliphatic heterocycles. The largest absolute Gasteiger partial charge is 0.493 e. The second-order valence-electron chi connectivity index (χ2n) is 9.00. The smallest absolute Gasteiger partial charge is 0.420 e. The highest BCUT2D eigenvalue weighted by atomic mass is 19.4. The lowest BCUT2D eigenvalue weighted by atomic mass is 10.0. The summed E-state index contributed by atoms with van der Waals surface area (Å²) < 4.78 is 47.9. The molecule has 4 aromatic rings. The molecule has 0 saturated carbocycles. The number of nitrogens with one attached hydrogen (secondary N) is 4. The molecule has 0 atom stereocenters. The van der Waals surface area contributed by atoms with Gasteiger partial charge in [0.1, 0.15) is 5.75 Å². The molecule has 2 amide bonds. The van der Waals surface area contributed by atoms with Crippen LogP contribution in [-0.2, 0) is 19.6 Å². The van der Waals surface area contributed by atoms with Gasteiger partial charge < -0.3 is 20.7 Å². The molecule has 0 spiro atoms. The average Bonchev–Trinajstić information content (AvgIpc) is 3.29. The Morgan fingerprint density at radius 2 is 1.90 bits per heavy atom. The van der Waals surface area contributed by atoms with E-state index in [9.17, 15) is 18.0 Å². The molecule has 40 heavy (non-hydrogen) atoms. The van der Waals surface area contributed by atoms with Crippen LogP contribution in [0.15, 0.2) is 42.6 Å². The van der Waals surface area contributed by atoms with E-state index in [-0.39, 0.29) is 23.9 Å². The summed E-state index contributed by atoms with van der Waals surface area (Å²) in [6.45, 7) is 2.77. The number of anilines is 3. The lowest BCUT2D eigenvalue weighted by Crippen LogP contribution is -2.20. The fourth-order valence-electron chi connectivity index (χ4n) is 4.22. The predicted octanol–water partition coefficient (Wildman–Crippen LogP) is 5.29. The standard InChI is InChI=1S/C27H31F3N8O2/c1-5-16-11-17(12-18-15-33-25(32-3)36-24(16)18)21-14-23(37-38(21)4)35-26(39)34-19-7-8-22(40-10-6-9-31-2)20(13-19)27(28,29)30/h7-8,11-15,31H,5-6,9-10H2,1-4H3,(H,32,33,36)(H2,34,35,37,39). The first-order valence-electron chi connectivity index (χ1n) is 12.7. The highest BCUT2D eigenvalue weighted by Crippen LogP contribution is 2.38. The van der Waals surface area contributed by atoms with Crippen LogP contribution in [0.1, 0.15) is 24.5 Å². The van der Waals surface area contributed by atoms with Crippen LogP contribution in [0, 0.1) is 0 Å². The molecule has 10 nitrogen and oxygen atoms in total. The van der Waals surface area contributed by atoms with Crippen LogP contribution in [0.3, 0.4) is 0 Å². The molecule has 0 bridgehead atoms. The number of carbonyl (C=O) groups excluding carboxylic acids is 1. The van der Waals surface area contributed by atoms with Gasteiger partial charge in [0.15, 0.2) is 5.82 Å². The minimum atomic E-state index is -4.65. The van der Waals surface area contributed by atoms with Gasteiger partial charge in [0.2, 0.25) is 5.95 Å². The molecule has 212 valence electrons. The monoisotopic (exact) mass is 556 g/mol. The zero-order chi connectivity index (χ0) is 28.9. The van der Waals surface area contributed by atoms with Gasteiger partial charge in [-0.3, -0.25) is 10.00 Å². The van der Waals surface area contributed by atoms with Crippen LogP contribution in [0.4, 0.5) is 35.4 Å². The van der Waals surface area contributed by atoms with Gasteiger partial charge in [0, 0.05) is 43.0 Å². The summed E-state index contributed by atoms with van der Waals surface area (Å²) in [6.07, 6.45) is -1.62. The zero-order valence-corrected chi connectivity index (χ0v) is 22.6. The van der Waals surface area contributed by atoms with Crippen molar-refractivity contribution in [2.45, 2.75) is 25.9 Å². The number of alkyl halides is 3. The van der Waals surface area contributed by atoms with Crippen LogP contribution in [0.25, 0.3) is 22.2 Å². The Balaban J connectivity index is 1.51. The van der Waals surface area contributed by atoms with Crippen LogP contribution in [-0.4, -0.2) is 53.0 Å². The molecular formula is C27H31F3N8O2. The molecule has 2 heterocycles. The molecule has 2 aromatic heterocycles. The number of nitrogens with zero attached hydrogens (tertiary/aromatic N) is 4. The average molecular weight is 557 g/mol. The molecule has 0 aliphatic carbocycles. The first-order valence-corrected chi connectivity index (χ1v) is 12.7. The Hall–Kier alpha value is -4.39. The van der Waals surface area contributed by atoms with Gasteiger partial charge in [-0.1, -0.05) is 6.92 Å². The van der Waals surface area contributed by atoms with Gasteiger partial charge in [-0.2, -0.15) is 18.3 Å². The summed E-state index contributed by atoms with van der Waals surface area (Å²) in [5.74, 6) is 0.468. The van der Waals surface area contributed by atoms with Crippen LogP contribution in [0.2, 0.25) is 0 Å². The van der Waals surface area contributed by atoms with Gasteiger partial charge in [-0.15, -0.1) is 0 Å². The summed E-state index contributed by atoms with van der Waals surface area (Å²) in [7, 11) is 5.24. The minimum Gasteiger partial charge on any atom is -0.493 e. The minimum absolute atomic E-state index is 0.0355. The molecule has 0 saturated heterocycles. The lowest BCUT2D eigenvalue weighted by Gasteiger charge is -2.16. The van der Waals surface area contributed by atoms with Crippen LogP contribution in [0.5, 0.6) is 5.75 Å². The Kier molecular flexibility index (Phi) is 8.73. The van der Waals surface area contributed by atoms with Gasteiger partial charge >= 0.3 is 12.2 Å². The van der Waals surface area contributed by atoms with Gasteiger partial charge in [0.05, 0.1) is 23.4 Å². The molecule has 13 heteroatoms. The van der Waals surface area contributed by atoms with E-state index in [1.165, 1.54) is 12.1 Å². The Morgan fingerprint density at radius 3 is 2.60 bits per heavy atom.